The molecule has 0 radical (unpaired) electrons. The highest BCUT2D eigenvalue weighted by molar-refractivity contribution is 7.90. The first-order valence-electron chi connectivity index (χ1n) is 7.06. The van der Waals surface area contributed by atoms with Crippen LogP contribution in [0.5, 0.6) is 0 Å². The van der Waals surface area contributed by atoms with E-state index >= 15 is 0 Å². The van der Waals surface area contributed by atoms with E-state index in [4.69, 9.17) is 0 Å². The molecule has 0 saturated carbocycles. The maximum Gasteiger partial charge on any atom is 0.251 e. The third-order valence-corrected chi connectivity index (χ3v) is 3.71. The van der Waals surface area contributed by atoms with Crippen molar-refractivity contribution in [1.29, 1.82) is 0 Å². The average molecular weight is 313 g/mol. The van der Waals surface area contributed by atoms with Gasteiger partial charge in [0.05, 0.1) is 5.75 Å². The number of nitrogens with zero attached hydrogens (tertiary/aromatic N) is 1. The molecule has 7 heteroatoms. The van der Waals surface area contributed by atoms with E-state index < -0.39 is 9.84 Å². The summed E-state index contributed by atoms with van der Waals surface area (Å²) in [5, 5.41) is 5.72. The fraction of sp³-hybridized carbons (Fsp3) is 0.571. The average Bonchev–Trinajstić information content (AvgIpc) is 2.37. The van der Waals surface area contributed by atoms with Crippen LogP contribution < -0.4 is 10.6 Å². The van der Waals surface area contributed by atoms with E-state index in [1.54, 1.807) is 12.1 Å². The number of sulfone groups is 1. The minimum atomic E-state index is -3.07. The molecule has 21 heavy (non-hydrogen) atoms. The second-order valence-electron chi connectivity index (χ2n) is 4.90. The first-order valence-corrected chi connectivity index (χ1v) is 9.12. The summed E-state index contributed by atoms with van der Waals surface area (Å²) in [5.74, 6) is 0.320. The lowest BCUT2D eigenvalue weighted by atomic mass is 10.1. The summed E-state index contributed by atoms with van der Waals surface area (Å²) in [6, 6.07) is 3.43. The Hall–Kier alpha value is -1.63. The normalized spacial score (nSPS) is 11.2. The smallest absolute Gasteiger partial charge is 0.251 e. The fourth-order valence-electron chi connectivity index (χ4n) is 1.83. The zero-order valence-electron chi connectivity index (χ0n) is 12.8. The first-order chi connectivity index (χ1) is 9.85. The molecule has 0 spiro atoms. The van der Waals surface area contributed by atoms with Gasteiger partial charge in [0.1, 0.15) is 15.7 Å². The molecule has 0 aliphatic heterocycles. The number of aryl methyl sites for hydroxylation is 1. The first kappa shape index (κ1) is 17.4. The van der Waals surface area contributed by atoms with Gasteiger partial charge in [-0.25, -0.2) is 13.4 Å². The van der Waals surface area contributed by atoms with Crippen molar-refractivity contribution in [1.82, 2.24) is 10.3 Å². The molecule has 0 fully saturated rings. The van der Waals surface area contributed by atoms with E-state index in [0.717, 1.165) is 31.3 Å². The standard InChI is InChI=1S/C14H23N3O3S/c1-4-6-12-9-11(10-13(17-12)15-5-2)14(18)16-7-8-21(3,19)20/h9-10H,4-8H2,1-3H3,(H,15,17)(H,16,18). The van der Waals surface area contributed by atoms with Crippen LogP contribution in [0.15, 0.2) is 12.1 Å². The maximum absolute atomic E-state index is 12.1. The largest absolute Gasteiger partial charge is 0.370 e. The van der Waals surface area contributed by atoms with Crippen molar-refractivity contribution < 1.29 is 13.2 Å². The van der Waals surface area contributed by atoms with Crippen molar-refractivity contribution in [3.8, 4) is 0 Å². The van der Waals surface area contributed by atoms with E-state index in [1.165, 1.54) is 0 Å². The summed E-state index contributed by atoms with van der Waals surface area (Å²) >= 11 is 0. The molecule has 2 N–H and O–H groups in total. The number of hydrogen-bond donors (Lipinski definition) is 2. The SMILES string of the molecule is CCCc1cc(C(=O)NCCS(C)(=O)=O)cc(NCC)n1. The van der Waals surface area contributed by atoms with Gasteiger partial charge in [0.2, 0.25) is 0 Å². The fourth-order valence-corrected chi connectivity index (χ4v) is 2.30. The van der Waals surface area contributed by atoms with Gasteiger partial charge >= 0.3 is 0 Å². The van der Waals surface area contributed by atoms with Crippen LogP contribution in [0, 0.1) is 0 Å². The van der Waals surface area contributed by atoms with Crippen molar-refractivity contribution in [2.24, 2.45) is 0 Å². The Morgan fingerprint density at radius 1 is 1.29 bits per heavy atom. The van der Waals surface area contributed by atoms with Gasteiger partial charge in [-0.1, -0.05) is 13.3 Å². The lowest BCUT2D eigenvalue weighted by molar-refractivity contribution is 0.0956. The van der Waals surface area contributed by atoms with E-state index in [9.17, 15) is 13.2 Å². The molecule has 0 aromatic carbocycles. The van der Waals surface area contributed by atoms with Crippen LogP contribution in [0.25, 0.3) is 0 Å². The molecular formula is C14H23N3O3S. The zero-order chi connectivity index (χ0) is 15.9. The second-order valence-corrected chi connectivity index (χ2v) is 7.16. The molecular weight excluding hydrogens is 290 g/mol. The van der Waals surface area contributed by atoms with Crippen molar-refractivity contribution in [3.63, 3.8) is 0 Å². The Morgan fingerprint density at radius 2 is 2.00 bits per heavy atom. The van der Waals surface area contributed by atoms with Crippen LogP contribution in [-0.2, 0) is 16.3 Å². The van der Waals surface area contributed by atoms with Crippen LogP contribution in [0.4, 0.5) is 5.82 Å². The molecule has 6 nitrogen and oxygen atoms in total. The Bertz CT molecular complexity index is 561. The summed E-state index contributed by atoms with van der Waals surface area (Å²) in [6.07, 6.45) is 2.88. The van der Waals surface area contributed by atoms with E-state index in [1.807, 2.05) is 13.8 Å². The maximum atomic E-state index is 12.1. The molecule has 1 amide bonds. The van der Waals surface area contributed by atoms with Crippen LogP contribution in [-0.4, -0.2) is 44.4 Å². The Labute approximate surface area is 126 Å². The Kier molecular flexibility index (Phi) is 6.61. The number of amides is 1. The monoisotopic (exact) mass is 313 g/mol. The lowest BCUT2D eigenvalue weighted by Gasteiger charge is -2.10. The summed E-state index contributed by atoms with van der Waals surface area (Å²) in [7, 11) is -3.07. The van der Waals surface area contributed by atoms with Crippen LogP contribution in [0.1, 0.15) is 36.3 Å². The molecule has 0 aliphatic carbocycles. The van der Waals surface area contributed by atoms with Crippen molar-refractivity contribution in [3.05, 3.63) is 23.4 Å². The highest BCUT2D eigenvalue weighted by atomic mass is 32.2. The second kappa shape index (κ2) is 7.97. The number of anilines is 1. The molecule has 0 bridgehead atoms. The molecule has 118 valence electrons. The molecule has 0 saturated heterocycles. The Balaban J connectivity index is 2.81. The molecule has 1 aromatic heterocycles. The van der Waals surface area contributed by atoms with Crippen LogP contribution in [0.3, 0.4) is 0 Å². The predicted molar refractivity (Wildman–Crippen MR) is 84.4 cm³/mol. The van der Waals surface area contributed by atoms with Gasteiger partial charge in [-0.2, -0.15) is 0 Å². The van der Waals surface area contributed by atoms with Gasteiger partial charge in [-0.15, -0.1) is 0 Å². The molecule has 0 unspecified atom stereocenters. The number of hydrogen-bond acceptors (Lipinski definition) is 5. The summed E-state index contributed by atoms with van der Waals surface area (Å²) in [5.41, 5.74) is 1.35. The quantitative estimate of drug-likeness (QED) is 0.754. The lowest BCUT2D eigenvalue weighted by Crippen LogP contribution is -2.29. The number of aromatic nitrogens is 1. The number of carbonyl (C=O) groups is 1. The van der Waals surface area contributed by atoms with Crippen molar-refractivity contribution in [2.75, 3.05) is 30.4 Å². The van der Waals surface area contributed by atoms with E-state index in [2.05, 4.69) is 15.6 Å². The van der Waals surface area contributed by atoms with E-state index in [-0.39, 0.29) is 18.2 Å². The van der Waals surface area contributed by atoms with Gasteiger partial charge in [0.25, 0.3) is 5.91 Å². The zero-order valence-corrected chi connectivity index (χ0v) is 13.6. The topological polar surface area (TPSA) is 88.2 Å². The number of carbonyl (C=O) groups excluding carboxylic acids is 1. The molecule has 1 rings (SSSR count). The molecule has 1 heterocycles. The third-order valence-electron chi connectivity index (χ3n) is 2.76. The van der Waals surface area contributed by atoms with Gasteiger partial charge in [0.15, 0.2) is 0 Å². The van der Waals surface area contributed by atoms with Gasteiger partial charge < -0.3 is 10.6 Å². The summed E-state index contributed by atoms with van der Waals surface area (Å²) in [6.45, 7) is 4.84. The van der Waals surface area contributed by atoms with Crippen LogP contribution >= 0.6 is 0 Å². The van der Waals surface area contributed by atoms with E-state index in [0.29, 0.717) is 11.4 Å². The minimum absolute atomic E-state index is 0.0638. The number of pyridine rings is 1. The molecule has 0 atom stereocenters. The number of nitrogens with one attached hydrogen (secondary N) is 2. The van der Waals surface area contributed by atoms with Crippen LogP contribution in [0.2, 0.25) is 0 Å². The Morgan fingerprint density at radius 3 is 2.57 bits per heavy atom. The van der Waals surface area contributed by atoms with Gasteiger partial charge in [0, 0.05) is 30.6 Å². The van der Waals surface area contributed by atoms with Gasteiger partial charge in [-0.3, -0.25) is 4.79 Å². The number of rotatable bonds is 8. The molecule has 0 aliphatic rings. The summed E-state index contributed by atoms with van der Waals surface area (Å²) in [4.78, 5) is 16.5. The highest BCUT2D eigenvalue weighted by Crippen LogP contribution is 2.12. The van der Waals surface area contributed by atoms with Gasteiger partial charge in [-0.05, 0) is 25.5 Å². The summed E-state index contributed by atoms with van der Waals surface area (Å²) < 4.78 is 22.1. The third kappa shape index (κ3) is 6.57. The minimum Gasteiger partial charge on any atom is -0.370 e. The predicted octanol–water partition coefficient (Wildman–Crippen LogP) is 1.24. The van der Waals surface area contributed by atoms with Crippen molar-refractivity contribution in [2.45, 2.75) is 26.7 Å². The highest BCUT2D eigenvalue weighted by Gasteiger charge is 2.10. The molecule has 1 aromatic rings. The van der Waals surface area contributed by atoms with Crippen molar-refractivity contribution >= 4 is 21.6 Å².